The lowest BCUT2D eigenvalue weighted by molar-refractivity contribution is -0.383. The molecular weight excluding hydrogens is 398 g/mol. The molecular formula is C22H27N5O4. The van der Waals surface area contributed by atoms with Crippen molar-refractivity contribution in [1.82, 2.24) is 15.1 Å². The number of para-hydroxylation sites is 1. The fourth-order valence-electron chi connectivity index (χ4n) is 3.41. The van der Waals surface area contributed by atoms with Gasteiger partial charge in [-0.05, 0) is 30.7 Å². The van der Waals surface area contributed by atoms with Crippen molar-refractivity contribution in [2.45, 2.75) is 13.3 Å². The van der Waals surface area contributed by atoms with Crippen LogP contribution in [0.4, 0.5) is 17.1 Å². The average Bonchev–Trinajstić information content (AvgIpc) is 2.78. The van der Waals surface area contributed by atoms with Crippen molar-refractivity contribution < 1.29 is 14.5 Å². The van der Waals surface area contributed by atoms with Crippen molar-refractivity contribution in [2.75, 3.05) is 44.6 Å². The number of hydrogen-bond donors (Lipinski definition) is 2. The van der Waals surface area contributed by atoms with E-state index in [-0.39, 0.29) is 23.1 Å². The highest BCUT2D eigenvalue weighted by molar-refractivity contribution is 5.96. The van der Waals surface area contributed by atoms with Gasteiger partial charge >= 0.3 is 0 Å². The second kappa shape index (κ2) is 10.5. The van der Waals surface area contributed by atoms with E-state index < -0.39 is 4.92 Å². The van der Waals surface area contributed by atoms with Gasteiger partial charge in [0, 0.05) is 50.0 Å². The molecule has 3 rings (SSSR count). The normalized spacial score (nSPS) is 14.2. The van der Waals surface area contributed by atoms with Gasteiger partial charge in [-0.2, -0.15) is 0 Å². The second-order valence-electron chi connectivity index (χ2n) is 7.40. The third-order valence-corrected chi connectivity index (χ3v) is 5.09. The Morgan fingerprint density at radius 3 is 2.42 bits per heavy atom. The molecule has 9 nitrogen and oxygen atoms in total. The third-order valence-electron chi connectivity index (χ3n) is 5.09. The Balaban J connectivity index is 1.63. The van der Waals surface area contributed by atoms with Gasteiger partial charge in [-0.3, -0.25) is 24.6 Å². The Hall–Kier alpha value is -3.46. The van der Waals surface area contributed by atoms with Crippen LogP contribution in [0.3, 0.4) is 0 Å². The van der Waals surface area contributed by atoms with Gasteiger partial charge in [-0.1, -0.05) is 25.1 Å². The monoisotopic (exact) mass is 425 g/mol. The van der Waals surface area contributed by atoms with Crippen LogP contribution in [0.1, 0.15) is 23.7 Å². The number of piperazine rings is 1. The molecule has 0 saturated carbocycles. The van der Waals surface area contributed by atoms with E-state index in [1.165, 1.54) is 6.07 Å². The molecule has 2 N–H and O–H groups in total. The van der Waals surface area contributed by atoms with Gasteiger partial charge < -0.3 is 15.5 Å². The Bertz CT molecular complexity index is 927. The number of benzene rings is 2. The van der Waals surface area contributed by atoms with Crippen LogP contribution in [0, 0.1) is 10.1 Å². The van der Waals surface area contributed by atoms with Gasteiger partial charge in [0.1, 0.15) is 5.69 Å². The van der Waals surface area contributed by atoms with Gasteiger partial charge in [0.2, 0.25) is 5.91 Å². The van der Waals surface area contributed by atoms with E-state index in [9.17, 15) is 19.7 Å². The van der Waals surface area contributed by atoms with Gasteiger partial charge in [0.25, 0.3) is 11.6 Å². The highest BCUT2D eigenvalue weighted by atomic mass is 16.6. The number of rotatable bonds is 8. The van der Waals surface area contributed by atoms with Crippen LogP contribution in [0.2, 0.25) is 0 Å². The maximum atomic E-state index is 12.9. The third kappa shape index (κ3) is 6.02. The molecule has 0 spiro atoms. The standard InChI is InChI=1S/C22H27N5O4/c1-2-10-23-21(28)16-25-11-13-26(14-12-25)22(29)17-8-9-19(20(15-17)27(30)31)24-18-6-4-3-5-7-18/h3-9,15,24H,2,10-14,16H2,1H3,(H,23,28). The SMILES string of the molecule is CCCNC(=O)CN1CCN(C(=O)c2ccc(Nc3ccccc3)c([N+](=O)[O-])c2)CC1. The minimum absolute atomic E-state index is 0.0150. The Morgan fingerprint density at radius 1 is 1.06 bits per heavy atom. The lowest BCUT2D eigenvalue weighted by Gasteiger charge is -2.34. The lowest BCUT2D eigenvalue weighted by atomic mass is 10.1. The number of nitro benzene ring substituents is 1. The summed E-state index contributed by atoms with van der Waals surface area (Å²) in [5.41, 5.74) is 1.18. The molecule has 1 saturated heterocycles. The van der Waals surface area contributed by atoms with E-state index in [1.54, 1.807) is 17.0 Å². The molecule has 9 heteroatoms. The summed E-state index contributed by atoms with van der Waals surface area (Å²) in [6, 6.07) is 13.6. The summed E-state index contributed by atoms with van der Waals surface area (Å²) in [5, 5.41) is 17.5. The molecule has 0 radical (unpaired) electrons. The predicted octanol–water partition coefficient (Wildman–Crippen LogP) is 2.62. The second-order valence-corrected chi connectivity index (χ2v) is 7.40. The van der Waals surface area contributed by atoms with Crippen molar-refractivity contribution in [1.29, 1.82) is 0 Å². The van der Waals surface area contributed by atoms with E-state index in [2.05, 4.69) is 10.6 Å². The van der Waals surface area contributed by atoms with Crippen molar-refractivity contribution in [2.24, 2.45) is 0 Å². The van der Waals surface area contributed by atoms with Crippen molar-refractivity contribution in [3.05, 3.63) is 64.2 Å². The maximum Gasteiger partial charge on any atom is 0.293 e. The van der Waals surface area contributed by atoms with Gasteiger partial charge in [-0.25, -0.2) is 0 Å². The number of carbonyl (C=O) groups excluding carboxylic acids is 2. The quantitative estimate of drug-likeness (QED) is 0.497. The van der Waals surface area contributed by atoms with Crippen LogP contribution < -0.4 is 10.6 Å². The van der Waals surface area contributed by atoms with Crippen LogP contribution in [-0.2, 0) is 4.79 Å². The molecule has 0 atom stereocenters. The summed E-state index contributed by atoms with van der Waals surface area (Å²) in [7, 11) is 0. The highest BCUT2D eigenvalue weighted by Gasteiger charge is 2.25. The molecule has 2 amide bonds. The molecule has 1 aliphatic rings. The average molecular weight is 425 g/mol. The molecule has 0 unspecified atom stereocenters. The Labute approximate surface area is 181 Å². The van der Waals surface area contributed by atoms with Crippen molar-refractivity contribution in [3.63, 3.8) is 0 Å². The van der Waals surface area contributed by atoms with E-state index in [4.69, 9.17) is 0 Å². The fraction of sp³-hybridized carbons (Fsp3) is 0.364. The Morgan fingerprint density at radius 2 is 1.77 bits per heavy atom. The summed E-state index contributed by atoms with van der Waals surface area (Å²) >= 11 is 0. The number of amides is 2. The highest BCUT2D eigenvalue weighted by Crippen LogP contribution is 2.29. The molecule has 1 heterocycles. The first kappa shape index (κ1) is 22.2. The van der Waals surface area contributed by atoms with E-state index in [0.717, 1.165) is 12.1 Å². The number of anilines is 2. The predicted molar refractivity (Wildman–Crippen MR) is 118 cm³/mol. The van der Waals surface area contributed by atoms with Crippen molar-refractivity contribution in [3.8, 4) is 0 Å². The molecule has 0 aliphatic carbocycles. The first-order valence-corrected chi connectivity index (χ1v) is 10.4. The van der Waals surface area contributed by atoms with E-state index in [0.29, 0.717) is 45.0 Å². The van der Waals surface area contributed by atoms with Gasteiger partial charge in [0.05, 0.1) is 11.5 Å². The fourth-order valence-corrected chi connectivity index (χ4v) is 3.41. The molecule has 1 fully saturated rings. The largest absolute Gasteiger partial charge is 0.355 e. The lowest BCUT2D eigenvalue weighted by Crippen LogP contribution is -2.51. The zero-order chi connectivity index (χ0) is 22.2. The summed E-state index contributed by atoms with van der Waals surface area (Å²) in [4.78, 5) is 39.5. The summed E-state index contributed by atoms with van der Waals surface area (Å²) in [6.45, 7) is 5.08. The number of hydrogen-bond acceptors (Lipinski definition) is 6. The zero-order valence-electron chi connectivity index (χ0n) is 17.5. The van der Waals surface area contributed by atoms with Crippen LogP contribution in [0.15, 0.2) is 48.5 Å². The molecule has 2 aromatic carbocycles. The Kier molecular flexibility index (Phi) is 7.55. The molecule has 31 heavy (non-hydrogen) atoms. The topological polar surface area (TPSA) is 108 Å². The molecule has 0 aromatic heterocycles. The molecule has 1 aliphatic heterocycles. The van der Waals surface area contributed by atoms with Gasteiger partial charge in [-0.15, -0.1) is 0 Å². The minimum Gasteiger partial charge on any atom is -0.355 e. The van der Waals surface area contributed by atoms with E-state index >= 15 is 0 Å². The van der Waals surface area contributed by atoms with Crippen molar-refractivity contribution >= 4 is 28.9 Å². The number of carbonyl (C=O) groups is 2. The van der Waals surface area contributed by atoms with Crippen LogP contribution >= 0.6 is 0 Å². The minimum atomic E-state index is -0.491. The number of nitrogens with zero attached hydrogens (tertiary/aromatic N) is 3. The first-order chi connectivity index (χ1) is 15.0. The van der Waals surface area contributed by atoms with Gasteiger partial charge in [0.15, 0.2) is 0 Å². The van der Waals surface area contributed by atoms with Crippen LogP contribution in [-0.4, -0.2) is 65.8 Å². The first-order valence-electron chi connectivity index (χ1n) is 10.4. The van der Waals surface area contributed by atoms with Crippen LogP contribution in [0.25, 0.3) is 0 Å². The zero-order valence-corrected chi connectivity index (χ0v) is 17.5. The van der Waals surface area contributed by atoms with E-state index in [1.807, 2.05) is 42.2 Å². The maximum absolute atomic E-state index is 12.9. The molecule has 164 valence electrons. The number of nitrogens with one attached hydrogen (secondary N) is 2. The summed E-state index contributed by atoms with van der Waals surface area (Å²) in [5.74, 6) is -0.261. The smallest absolute Gasteiger partial charge is 0.293 e. The number of nitro groups is 1. The molecule has 2 aromatic rings. The molecule has 0 bridgehead atoms. The summed E-state index contributed by atoms with van der Waals surface area (Å²) < 4.78 is 0. The van der Waals surface area contributed by atoms with Crippen LogP contribution in [0.5, 0.6) is 0 Å². The summed E-state index contributed by atoms with van der Waals surface area (Å²) in [6.07, 6.45) is 0.889.